The van der Waals surface area contributed by atoms with Crippen LogP contribution in [0.15, 0.2) is 65.1 Å². The molecule has 176 valence electrons. The number of esters is 1. The number of hydrogen-bond donors (Lipinski definition) is 1. The number of nitrogens with one attached hydrogen (secondary N) is 1. The van der Waals surface area contributed by atoms with Crippen molar-refractivity contribution in [2.45, 2.75) is 19.4 Å². The molecule has 1 amide bonds. The van der Waals surface area contributed by atoms with Crippen LogP contribution in [0.1, 0.15) is 33.6 Å². The largest absolute Gasteiger partial charge is 0.422 e. The number of hydrazone groups is 1. The fourth-order valence-corrected chi connectivity index (χ4v) is 4.54. The summed E-state index contributed by atoms with van der Waals surface area (Å²) in [4.78, 5) is 27.3. The zero-order chi connectivity index (χ0) is 23.9. The summed E-state index contributed by atoms with van der Waals surface area (Å²) in [6, 6.07) is 14.8. The number of amides is 1. The van der Waals surface area contributed by atoms with Crippen molar-refractivity contribution < 1.29 is 18.7 Å². The van der Waals surface area contributed by atoms with Gasteiger partial charge in [-0.3, -0.25) is 9.69 Å². The SMILES string of the molecule is O=C(Oc1cccc(C=NNC(=O)C2CCN(Cc3ccc(F)cc3Cl)CC2)c1)c1cccs1. The van der Waals surface area contributed by atoms with E-state index >= 15 is 0 Å². The van der Waals surface area contributed by atoms with Gasteiger partial charge in [-0.05, 0) is 72.8 Å². The van der Waals surface area contributed by atoms with Crippen LogP contribution in [0.4, 0.5) is 4.39 Å². The van der Waals surface area contributed by atoms with Gasteiger partial charge in [-0.25, -0.2) is 14.6 Å². The second-order valence-electron chi connectivity index (χ2n) is 7.96. The van der Waals surface area contributed by atoms with E-state index in [1.54, 1.807) is 42.5 Å². The van der Waals surface area contributed by atoms with Gasteiger partial charge in [-0.1, -0.05) is 35.9 Å². The molecule has 1 aliphatic heterocycles. The summed E-state index contributed by atoms with van der Waals surface area (Å²) >= 11 is 7.44. The molecule has 0 unspecified atom stereocenters. The lowest BCUT2D eigenvalue weighted by Gasteiger charge is -2.31. The molecule has 34 heavy (non-hydrogen) atoms. The molecule has 0 aliphatic carbocycles. The van der Waals surface area contributed by atoms with Crippen molar-refractivity contribution in [3.05, 3.63) is 86.8 Å². The number of carbonyl (C=O) groups is 2. The average Bonchev–Trinajstić information content (AvgIpc) is 3.37. The van der Waals surface area contributed by atoms with Crippen LogP contribution in [0.5, 0.6) is 5.75 Å². The molecule has 1 aromatic heterocycles. The van der Waals surface area contributed by atoms with Crippen molar-refractivity contribution in [1.82, 2.24) is 10.3 Å². The molecule has 0 atom stereocenters. The summed E-state index contributed by atoms with van der Waals surface area (Å²) in [5.41, 5.74) is 4.18. The first kappa shape index (κ1) is 24.1. The number of benzene rings is 2. The smallest absolute Gasteiger partial charge is 0.353 e. The van der Waals surface area contributed by atoms with Gasteiger partial charge >= 0.3 is 5.97 Å². The number of halogens is 2. The number of rotatable bonds is 7. The third-order valence-electron chi connectivity index (χ3n) is 5.55. The number of hydrogen-bond acceptors (Lipinski definition) is 6. The fraction of sp³-hybridized carbons (Fsp3) is 0.240. The van der Waals surface area contributed by atoms with Crippen LogP contribution in [0.2, 0.25) is 5.02 Å². The molecular weight excluding hydrogens is 477 g/mol. The Balaban J connectivity index is 1.24. The molecular formula is C25H23ClFN3O3S. The van der Waals surface area contributed by atoms with Crippen LogP contribution in [-0.4, -0.2) is 36.1 Å². The minimum Gasteiger partial charge on any atom is -0.422 e. The Labute approximate surface area is 206 Å². The Morgan fingerprint density at radius 1 is 1.18 bits per heavy atom. The van der Waals surface area contributed by atoms with Crippen LogP contribution >= 0.6 is 22.9 Å². The normalized spacial score (nSPS) is 14.9. The van der Waals surface area contributed by atoms with E-state index in [-0.39, 0.29) is 17.6 Å². The molecule has 1 N–H and O–H groups in total. The average molecular weight is 500 g/mol. The van der Waals surface area contributed by atoms with E-state index in [0.29, 0.717) is 40.6 Å². The molecule has 0 radical (unpaired) electrons. The predicted octanol–water partition coefficient (Wildman–Crippen LogP) is 5.12. The number of ether oxygens (including phenoxy) is 1. The van der Waals surface area contributed by atoms with Crippen LogP contribution in [0, 0.1) is 11.7 Å². The summed E-state index contributed by atoms with van der Waals surface area (Å²) in [5.74, 6) is -0.616. The minimum atomic E-state index is -0.412. The second-order valence-corrected chi connectivity index (χ2v) is 9.31. The standard InChI is InChI=1S/C25H23ClFN3O3S/c26-22-14-20(27)7-6-19(22)16-30-10-8-18(9-11-30)24(31)29-28-15-17-3-1-4-21(13-17)33-25(32)23-5-2-12-34-23/h1-7,12-15,18H,8-11,16H2,(H,29,31). The Kier molecular flexibility index (Phi) is 8.05. The number of likely N-dealkylation sites (tertiary alicyclic amines) is 1. The van der Waals surface area contributed by atoms with Crippen molar-refractivity contribution in [2.24, 2.45) is 11.0 Å². The third-order valence-corrected chi connectivity index (χ3v) is 6.75. The van der Waals surface area contributed by atoms with E-state index in [1.807, 2.05) is 5.38 Å². The third kappa shape index (κ3) is 6.50. The summed E-state index contributed by atoms with van der Waals surface area (Å²) in [5, 5.41) is 6.29. The Morgan fingerprint density at radius 2 is 2.00 bits per heavy atom. The Morgan fingerprint density at radius 3 is 2.74 bits per heavy atom. The summed E-state index contributed by atoms with van der Waals surface area (Å²) < 4.78 is 18.6. The van der Waals surface area contributed by atoms with E-state index in [1.165, 1.54) is 29.7 Å². The van der Waals surface area contributed by atoms with Gasteiger partial charge in [0.2, 0.25) is 5.91 Å². The van der Waals surface area contributed by atoms with E-state index < -0.39 is 5.97 Å². The van der Waals surface area contributed by atoms with Gasteiger partial charge in [-0.2, -0.15) is 5.10 Å². The maximum absolute atomic E-state index is 13.2. The molecule has 1 saturated heterocycles. The zero-order valence-corrected chi connectivity index (χ0v) is 19.8. The van der Waals surface area contributed by atoms with Crippen LogP contribution < -0.4 is 10.2 Å². The van der Waals surface area contributed by atoms with E-state index in [4.69, 9.17) is 16.3 Å². The molecule has 2 heterocycles. The Bertz CT molecular complexity index is 1180. The van der Waals surface area contributed by atoms with Gasteiger partial charge in [0.1, 0.15) is 16.4 Å². The van der Waals surface area contributed by atoms with Crippen molar-refractivity contribution in [3.8, 4) is 5.75 Å². The summed E-state index contributed by atoms with van der Waals surface area (Å²) in [7, 11) is 0. The first-order valence-electron chi connectivity index (χ1n) is 10.8. The lowest BCUT2D eigenvalue weighted by Crippen LogP contribution is -2.39. The highest BCUT2D eigenvalue weighted by molar-refractivity contribution is 7.12. The second kappa shape index (κ2) is 11.4. The van der Waals surface area contributed by atoms with Gasteiger partial charge < -0.3 is 4.74 Å². The lowest BCUT2D eigenvalue weighted by atomic mass is 9.96. The molecule has 0 saturated carbocycles. The molecule has 3 aromatic rings. The van der Waals surface area contributed by atoms with Gasteiger partial charge in [0.25, 0.3) is 0 Å². The van der Waals surface area contributed by atoms with Crippen LogP contribution in [0.3, 0.4) is 0 Å². The molecule has 2 aromatic carbocycles. The maximum Gasteiger partial charge on any atom is 0.353 e. The van der Waals surface area contributed by atoms with Gasteiger partial charge in [0, 0.05) is 17.5 Å². The van der Waals surface area contributed by atoms with Crippen molar-refractivity contribution >= 4 is 41.0 Å². The number of carbonyl (C=O) groups excluding carboxylic acids is 2. The van der Waals surface area contributed by atoms with E-state index in [2.05, 4.69) is 15.4 Å². The van der Waals surface area contributed by atoms with Gasteiger partial charge in [0.15, 0.2) is 0 Å². The lowest BCUT2D eigenvalue weighted by molar-refractivity contribution is -0.126. The molecule has 9 heteroatoms. The monoisotopic (exact) mass is 499 g/mol. The highest BCUT2D eigenvalue weighted by atomic mass is 35.5. The van der Waals surface area contributed by atoms with Crippen molar-refractivity contribution in [3.63, 3.8) is 0 Å². The van der Waals surface area contributed by atoms with Crippen LogP contribution in [-0.2, 0) is 11.3 Å². The van der Waals surface area contributed by atoms with Crippen molar-refractivity contribution in [1.29, 1.82) is 0 Å². The van der Waals surface area contributed by atoms with Gasteiger partial charge in [0.05, 0.1) is 6.21 Å². The maximum atomic E-state index is 13.2. The summed E-state index contributed by atoms with van der Waals surface area (Å²) in [6.45, 7) is 2.11. The first-order valence-corrected chi connectivity index (χ1v) is 12.1. The highest BCUT2D eigenvalue weighted by Crippen LogP contribution is 2.23. The van der Waals surface area contributed by atoms with E-state index in [9.17, 15) is 14.0 Å². The number of thiophene rings is 1. The minimum absolute atomic E-state index is 0.129. The first-order chi connectivity index (χ1) is 16.5. The molecule has 1 fully saturated rings. The quantitative estimate of drug-likeness (QED) is 0.212. The number of nitrogens with zero attached hydrogens (tertiary/aromatic N) is 2. The van der Waals surface area contributed by atoms with Gasteiger partial charge in [-0.15, -0.1) is 11.3 Å². The number of piperidine rings is 1. The predicted molar refractivity (Wildman–Crippen MR) is 131 cm³/mol. The molecule has 0 bridgehead atoms. The molecule has 4 rings (SSSR count). The van der Waals surface area contributed by atoms with E-state index in [0.717, 1.165) is 18.7 Å². The molecule has 6 nitrogen and oxygen atoms in total. The molecule has 0 spiro atoms. The molecule has 1 aliphatic rings. The fourth-order valence-electron chi connectivity index (χ4n) is 3.72. The van der Waals surface area contributed by atoms with Crippen molar-refractivity contribution in [2.75, 3.05) is 13.1 Å². The summed E-state index contributed by atoms with van der Waals surface area (Å²) in [6.07, 6.45) is 2.93. The topological polar surface area (TPSA) is 71.0 Å². The van der Waals surface area contributed by atoms with Crippen LogP contribution in [0.25, 0.3) is 0 Å². The zero-order valence-electron chi connectivity index (χ0n) is 18.2. The Hall–Kier alpha value is -3.07. The highest BCUT2D eigenvalue weighted by Gasteiger charge is 2.25.